The topological polar surface area (TPSA) is 38.7 Å². The van der Waals surface area contributed by atoms with Crippen molar-refractivity contribution < 1.29 is 5.11 Å². The average Bonchev–Trinajstić information content (AvgIpc) is 3.17. The standard InChI is InChI=1S/C20H33N3O/c1-4-23-11-7-10-18(23)19(24)12-21-20(2,3)15-22-13-16-8-5-6-9-17(16)14-22/h5-6,8-9,18-19,21,24H,4,7,10-15H2,1-3H3/t18-,19-/m1/s1. The maximum atomic E-state index is 10.6. The molecule has 1 aromatic carbocycles. The lowest BCUT2D eigenvalue weighted by Gasteiger charge is -2.34. The summed E-state index contributed by atoms with van der Waals surface area (Å²) in [4.78, 5) is 4.91. The molecule has 0 aromatic heterocycles. The fourth-order valence-electron chi connectivity index (χ4n) is 4.33. The fourth-order valence-corrected chi connectivity index (χ4v) is 4.33. The molecule has 2 atom stereocenters. The summed E-state index contributed by atoms with van der Waals surface area (Å²) in [5.41, 5.74) is 2.91. The van der Waals surface area contributed by atoms with E-state index in [1.54, 1.807) is 0 Å². The van der Waals surface area contributed by atoms with Gasteiger partial charge < -0.3 is 10.4 Å². The Morgan fingerprint density at radius 2 is 1.92 bits per heavy atom. The van der Waals surface area contributed by atoms with Crippen molar-refractivity contribution in [2.24, 2.45) is 0 Å². The van der Waals surface area contributed by atoms with E-state index in [-0.39, 0.29) is 11.6 Å². The minimum atomic E-state index is -0.275. The van der Waals surface area contributed by atoms with Crippen LogP contribution in [0.25, 0.3) is 0 Å². The number of fused-ring (bicyclic) bond motifs is 1. The highest BCUT2D eigenvalue weighted by Gasteiger charge is 2.31. The zero-order chi connectivity index (χ0) is 17.2. The molecule has 1 fully saturated rings. The predicted octanol–water partition coefficient (Wildman–Crippen LogP) is 2.22. The number of nitrogens with zero attached hydrogens (tertiary/aromatic N) is 2. The Morgan fingerprint density at radius 1 is 1.25 bits per heavy atom. The van der Waals surface area contributed by atoms with Crippen molar-refractivity contribution in [3.05, 3.63) is 35.4 Å². The summed E-state index contributed by atoms with van der Waals surface area (Å²) >= 11 is 0. The number of likely N-dealkylation sites (N-methyl/N-ethyl adjacent to an activating group) is 1. The number of β-amino-alcohol motifs (C(OH)–C–C–N with tert-alkyl or cyclic N) is 1. The molecule has 1 aromatic rings. The molecular formula is C20H33N3O. The molecule has 0 saturated carbocycles. The smallest absolute Gasteiger partial charge is 0.0819 e. The zero-order valence-electron chi connectivity index (χ0n) is 15.5. The first-order valence-corrected chi connectivity index (χ1v) is 9.45. The predicted molar refractivity (Wildman–Crippen MR) is 98.9 cm³/mol. The number of hydrogen-bond donors (Lipinski definition) is 2. The lowest BCUT2D eigenvalue weighted by molar-refractivity contribution is 0.0658. The van der Waals surface area contributed by atoms with E-state index in [0.29, 0.717) is 12.6 Å². The van der Waals surface area contributed by atoms with Crippen molar-refractivity contribution in [1.29, 1.82) is 0 Å². The minimum Gasteiger partial charge on any atom is -0.390 e. The normalized spacial score (nSPS) is 23.6. The SMILES string of the molecule is CCN1CCC[C@@H]1[C@H](O)CNC(C)(C)CN1Cc2ccccc2C1. The van der Waals surface area contributed by atoms with E-state index in [2.05, 4.69) is 60.2 Å². The van der Waals surface area contributed by atoms with E-state index in [1.807, 2.05) is 0 Å². The lowest BCUT2D eigenvalue weighted by Crippen LogP contribution is -2.53. The van der Waals surface area contributed by atoms with Crippen LogP contribution in [0.1, 0.15) is 44.7 Å². The van der Waals surface area contributed by atoms with Crippen molar-refractivity contribution in [2.75, 3.05) is 26.2 Å². The van der Waals surface area contributed by atoms with Crippen LogP contribution in [-0.4, -0.2) is 58.8 Å². The highest BCUT2D eigenvalue weighted by atomic mass is 16.3. The van der Waals surface area contributed by atoms with Crippen LogP contribution >= 0.6 is 0 Å². The number of nitrogens with one attached hydrogen (secondary N) is 1. The highest BCUT2D eigenvalue weighted by Crippen LogP contribution is 2.24. The van der Waals surface area contributed by atoms with Gasteiger partial charge in [-0.2, -0.15) is 0 Å². The van der Waals surface area contributed by atoms with Gasteiger partial charge in [-0.15, -0.1) is 0 Å². The fraction of sp³-hybridized carbons (Fsp3) is 0.700. The lowest BCUT2D eigenvalue weighted by atomic mass is 10.0. The second-order valence-corrected chi connectivity index (χ2v) is 8.08. The molecular weight excluding hydrogens is 298 g/mol. The van der Waals surface area contributed by atoms with Gasteiger partial charge >= 0.3 is 0 Å². The molecule has 2 N–H and O–H groups in total. The van der Waals surface area contributed by atoms with Crippen LogP contribution in [0.15, 0.2) is 24.3 Å². The summed E-state index contributed by atoms with van der Waals surface area (Å²) in [7, 11) is 0. The average molecular weight is 332 g/mol. The van der Waals surface area contributed by atoms with Gasteiger partial charge in [0.1, 0.15) is 0 Å². The van der Waals surface area contributed by atoms with Crippen LogP contribution in [0.2, 0.25) is 0 Å². The Morgan fingerprint density at radius 3 is 2.54 bits per heavy atom. The third kappa shape index (κ3) is 4.17. The molecule has 4 heteroatoms. The second kappa shape index (κ2) is 7.52. The molecule has 0 aliphatic carbocycles. The molecule has 2 aliphatic rings. The molecule has 0 amide bonds. The van der Waals surface area contributed by atoms with Gasteiger partial charge in [0.05, 0.1) is 6.10 Å². The molecule has 0 radical (unpaired) electrons. The van der Waals surface area contributed by atoms with Crippen LogP contribution < -0.4 is 5.32 Å². The summed E-state index contributed by atoms with van der Waals surface area (Å²) in [6.45, 7) is 12.6. The Labute approximate surface area is 146 Å². The van der Waals surface area contributed by atoms with Gasteiger partial charge in [-0.3, -0.25) is 9.80 Å². The number of aliphatic hydroxyl groups excluding tert-OH is 1. The van der Waals surface area contributed by atoms with Crippen LogP contribution in [0.4, 0.5) is 0 Å². The largest absolute Gasteiger partial charge is 0.390 e. The monoisotopic (exact) mass is 331 g/mol. The molecule has 1 saturated heterocycles. The second-order valence-electron chi connectivity index (χ2n) is 8.08. The highest BCUT2D eigenvalue weighted by molar-refractivity contribution is 5.30. The van der Waals surface area contributed by atoms with Gasteiger partial charge in [0.25, 0.3) is 0 Å². The third-order valence-corrected chi connectivity index (χ3v) is 5.58. The van der Waals surface area contributed by atoms with Crippen LogP contribution in [0, 0.1) is 0 Å². The van der Waals surface area contributed by atoms with Crippen LogP contribution in [0.3, 0.4) is 0 Å². The molecule has 2 aliphatic heterocycles. The van der Waals surface area contributed by atoms with Crippen molar-refractivity contribution in [2.45, 2.75) is 64.4 Å². The molecule has 4 nitrogen and oxygen atoms in total. The molecule has 24 heavy (non-hydrogen) atoms. The minimum absolute atomic E-state index is 0.00132. The van der Waals surface area contributed by atoms with Crippen LogP contribution in [-0.2, 0) is 13.1 Å². The van der Waals surface area contributed by atoms with Crippen molar-refractivity contribution in [3.8, 4) is 0 Å². The van der Waals surface area contributed by atoms with Gasteiger partial charge in [-0.05, 0) is 50.9 Å². The number of aliphatic hydroxyl groups is 1. The first-order chi connectivity index (χ1) is 11.5. The number of hydrogen-bond acceptors (Lipinski definition) is 4. The Hall–Kier alpha value is -0.940. The van der Waals surface area contributed by atoms with E-state index in [0.717, 1.165) is 39.1 Å². The first kappa shape index (κ1) is 17.9. The Kier molecular flexibility index (Phi) is 5.60. The molecule has 2 heterocycles. The maximum Gasteiger partial charge on any atom is 0.0819 e. The summed E-state index contributed by atoms with van der Waals surface area (Å²) in [5.74, 6) is 0. The van der Waals surface area contributed by atoms with Gasteiger partial charge in [-0.1, -0.05) is 31.2 Å². The van der Waals surface area contributed by atoms with Crippen molar-refractivity contribution in [3.63, 3.8) is 0 Å². The number of rotatable bonds is 7. The quantitative estimate of drug-likeness (QED) is 0.803. The summed E-state index contributed by atoms with van der Waals surface area (Å²) in [5, 5.41) is 14.2. The first-order valence-electron chi connectivity index (χ1n) is 9.45. The van der Waals surface area contributed by atoms with Gasteiger partial charge in [0.2, 0.25) is 0 Å². The molecule has 134 valence electrons. The molecule has 0 bridgehead atoms. The number of likely N-dealkylation sites (tertiary alicyclic amines) is 1. The summed E-state index contributed by atoms with van der Waals surface area (Å²) in [6.07, 6.45) is 2.06. The van der Waals surface area contributed by atoms with Gasteiger partial charge in [-0.25, -0.2) is 0 Å². The number of benzene rings is 1. The zero-order valence-corrected chi connectivity index (χ0v) is 15.5. The Bertz CT molecular complexity index is 520. The molecule has 3 rings (SSSR count). The van der Waals surface area contributed by atoms with E-state index in [9.17, 15) is 5.11 Å². The Balaban J connectivity index is 1.48. The van der Waals surface area contributed by atoms with Crippen molar-refractivity contribution >= 4 is 0 Å². The van der Waals surface area contributed by atoms with Crippen molar-refractivity contribution in [1.82, 2.24) is 15.1 Å². The van der Waals surface area contributed by atoms with Gasteiger partial charge in [0, 0.05) is 37.8 Å². The maximum absolute atomic E-state index is 10.6. The molecule has 0 unspecified atom stereocenters. The van der Waals surface area contributed by atoms with E-state index in [1.165, 1.54) is 17.5 Å². The van der Waals surface area contributed by atoms with E-state index >= 15 is 0 Å². The summed E-state index contributed by atoms with van der Waals surface area (Å²) < 4.78 is 0. The molecule has 0 spiro atoms. The van der Waals surface area contributed by atoms with E-state index in [4.69, 9.17) is 0 Å². The van der Waals surface area contributed by atoms with Crippen LogP contribution in [0.5, 0.6) is 0 Å². The van der Waals surface area contributed by atoms with E-state index < -0.39 is 0 Å². The third-order valence-electron chi connectivity index (χ3n) is 5.58. The van der Waals surface area contributed by atoms with Gasteiger partial charge in [0.15, 0.2) is 0 Å². The summed E-state index contributed by atoms with van der Waals surface area (Å²) in [6, 6.07) is 9.05.